The molecule has 0 bridgehead atoms. The van der Waals surface area contributed by atoms with Crippen LogP contribution in [0.5, 0.6) is 0 Å². The molecule has 0 aromatic carbocycles. The van der Waals surface area contributed by atoms with E-state index in [1.54, 1.807) is 6.92 Å². The van der Waals surface area contributed by atoms with Gasteiger partial charge in [-0.2, -0.15) is 0 Å². The van der Waals surface area contributed by atoms with Gasteiger partial charge in [-0.25, -0.2) is 9.18 Å². The molecule has 1 aromatic rings. The smallest absolute Gasteiger partial charge is 0.330 e. The molecule has 138 valence electrons. The minimum atomic E-state index is -1.62. The van der Waals surface area contributed by atoms with Gasteiger partial charge in [0.15, 0.2) is 17.6 Å². The predicted molar refractivity (Wildman–Crippen MR) is 82.8 cm³/mol. The first kappa shape index (κ1) is 16.9. The predicted octanol–water partition coefficient (Wildman–Crippen LogP) is 0.210. The highest BCUT2D eigenvalue weighted by Crippen LogP contribution is 2.58. The van der Waals surface area contributed by atoms with E-state index in [1.165, 1.54) is 12.3 Å². The number of halogens is 1. The number of hydrogen-bond donors (Lipinski definition) is 2. The van der Waals surface area contributed by atoms with E-state index in [2.05, 4.69) is 4.98 Å². The average molecular weight is 356 g/mol. The molecule has 25 heavy (non-hydrogen) atoms. The second-order valence-corrected chi connectivity index (χ2v) is 7.25. The zero-order chi connectivity index (χ0) is 17.9. The minimum absolute atomic E-state index is 0.546. The number of aliphatic hydroxyl groups excluding tert-OH is 1. The summed E-state index contributed by atoms with van der Waals surface area (Å²) >= 11 is 0. The molecule has 1 saturated carbocycles. The molecular weight excluding hydrogens is 335 g/mol. The number of ether oxygens (including phenoxy) is 3. The maximum absolute atomic E-state index is 13.9. The monoisotopic (exact) mass is 356 g/mol. The molecule has 1 aliphatic carbocycles. The number of fused-ring (bicyclic) bond motifs is 1. The van der Waals surface area contributed by atoms with Crippen molar-refractivity contribution in [3.63, 3.8) is 0 Å². The van der Waals surface area contributed by atoms with E-state index in [0.29, 0.717) is 12.8 Å². The molecule has 4 atom stereocenters. The molecule has 1 aromatic heterocycles. The lowest BCUT2D eigenvalue weighted by molar-refractivity contribution is -0.253. The van der Waals surface area contributed by atoms with E-state index >= 15 is 0 Å². The lowest BCUT2D eigenvalue weighted by Crippen LogP contribution is -2.51. The highest BCUT2D eigenvalue weighted by molar-refractivity contribution is 5.14. The highest BCUT2D eigenvalue weighted by atomic mass is 19.1. The largest absolute Gasteiger partial charge is 0.393 e. The van der Waals surface area contributed by atoms with Gasteiger partial charge in [-0.3, -0.25) is 14.3 Å². The lowest BCUT2D eigenvalue weighted by Gasteiger charge is -2.32. The first-order chi connectivity index (χ1) is 11.9. The van der Waals surface area contributed by atoms with Gasteiger partial charge in [0.25, 0.3) is 5.56 Å². The topological polar surface area (TPSA) is 103 Å². The molecule has 3 heterocycles. The van der Waals surface area contributed by atoms with E-state index < -0.39 is 53.9 Å². The Balaban J connectivity index is 1.82. The SMILES string of the molecule is CC12OC3(CCCC3)OC1C(CO)(CF)OC2n1ccc(=O)[nH]c1=O. The van der Waals surface area contributed by atoms with Gasteiger partial charge >= 0.3 is 5.69 Å². The van der Waals surface area contributed by atoms with Crippen LogP contribution < -0.4 is 11.2 Å². The summed E-state index contributed by atoms with van der Waals surface area (Å²) in [4.78, 5) is 25.7. The van der Waals surface area contributed by atoms with Crippen molar-refractivity contribution in [2.75, 3.05) is 13.3 Å². The zero-order valence-electron chi connectivity index (χ0n) is 13.9. The van der Waals surface area contributed by atoms with Gasteiger partial charge in [0, 0.05) is 25.1 Å². The summed E-state index contributed by atoms with van der Waals surface area (Å²) in [5.74, 6) is -0.844. The van der Waals surface area contributed by atoms with Crippen LogP contribution in [-0.2, 0) is 14.2 Å². The molecule has 2 aliphatic heterocycles. The van der Waals surface area contributed by atoms with Crippen LogP contribution in [0.15, 0.2) is 21.9 Å². The Morgan fingerprint density at radius 2 is 2.08 bits per heavy atom. The standard InChI is InChI=1S/C16H21FN2O6/c1-14-11(23-16(25-14)5-2-3-6-16)15(8-17,9-20)24-12(14)19-7-4-10(21)18-13(19)22/h4,7,11-12,20H,2-3,5-6,8-9H2,1H3,(H,18,21,22). The Hall–Kier alpha value is -1.55. The van der Waals surface area contributed by atoms with Crippen molar-refractivity contribution in [3.05, 3.63) is 33.1 Å². The quantitative estimate of drug-likeness (QED) is 0.803. The van der Waals surface area contributed by atoms with Crippen LogP contribution in [0.25, 0.3) is 0 Å². The number of aliphatic hydroxyl groups is 1. The van der Waals surface area contributed by atoms with Crippen molar-refractivity contribution in [2.45, 2.75) is 61.9 Å². The molecule has 9 heteroatoms. The summed E-state index contributed by atoms with van der Waals surface area (Å²) in [6.45, 7) is 0.0929. The van der Waals surface area contributed by atoms with Crippen LogP contribution in [0.2, 0.25) is 0 Å². The Morgan fingerprint density at radius 3 is 2.68 bits per heavy atom. The number of alkyl halides is 1. The van der Waals surface area contributed by atoms with Gasteiger partial charge in [-0.05, 0) is 19.8 Å². The lowest BCUT2D eigenvalue weighted by atomic mass is 9.88. The van der Waals surface area contributed by atoms with Crippen LogP contribution in [0.3, 0.4) is 0 Å². The number of aromatic nitrogens is 2. The molecule has 0 radical (unpaired) electrons. The third kappa shape index (κ3) is 2.26. The first-order valence-electron chi connectivity index (χ1n) is 8.42. The number of nitrogens with one attached hydrogen (secondary N) is 1. The fraction of sp³-hybridized carbons (Fsp3) is 0.750. The highest BCUT2D eigenvalue weighted by Gasteiger charge is 2.72. The van der Waals surface area contributed by atoms with E-state index in [0.717, 1.165) is 17.4 Å². The maximum Gasteiger partial charge on any atom is 0.330 e. The third-order valence-corrected chi connectivity index (χ3v) is 5.54. The van der Waals surface area contributed by atoms with Gasteiger partial charge in [0.1, 0.15) is 18.4 Å². The van der Waals surface area contributed by atoms with Crippen LogP contribution in [-0.4, -0.2) is 51.0 Å². The van der Waals surface area contributed by atoms with Crippen molar-refractivity contribution in [3.8, 4) is 0 Å². The summed E-state index contributed by atoms with van der Waals surface area (Å²) in [6, 6.07) is 1.18. The minimum Gasteiger partial charge on any atom is -0.393 e. The summed E-state index contributed by atoms with van der Waals surface area (Å²) in [6.07, 6.45) is 2.55. The van der Waals surface area contributed by atoms with Gasteiger partial charge in [0.2, 0.25) is 0 Å². The van der Waals surface area contributed by atoms with Crippen molar-refractivity contribution < 1.29 is 23.7 Å². The van der Waals surface area contributed by atoms with Gasteiger partial charge in [0.05, 0.1) is 6.61 Å². The van der Waals surface area contributed by atoms with Crippen molar-refractivity contribution in [2.24, 2.45) is 0 Å². The number of nitrogens with zero attached hydrogens (tertiary/aromatic N) is 1. The van der Waals surface area contributed by atoms with Gasteiger partial charge < -0.3 is 19.3 Å². The van der Waals surface area contributed by atoms with Crippen LogP contribution in [0, 0.1) is 0 Å². The number of hydrogen-bond acceptors (Lipinski definition) is 6. The second-order valence-electron chi connectivity index (χ2n) is 7.25. The summed E-state index contributed by atoms with van der Waals surface area (Å²) in [5, 5.41) is 9.84. The summed E-state index contributed by atoms with van der Waals surface area (Å²) in [5.41, 5.74) is -4.04. The van der Waals surface area contributed by atoms with Crippen LogP contribution in [0.4, 0.5) is 4.39 Å². The Bertz CT molecular complexity index is 781. The maximum atomic E-state index is 13.9. The molecule has 1 spiro atoms. The molecule has 4 unspecified atom stereocenters. The van der Waals surface area contributed by atoms with E-state index in [9.17, 15) is 19.1 Å². The Morgan fingerprint density at radius 1 is 1.36 bits per heavy atom. The van der Waals surface area contributed by atoms with Gasteiger partial charge in [-0.1, -0.05) is 0 Å². The number of aromatic amines is 1. The number of rotatable bonds is 3. The average Bonchev–Trinajstić information content (AvgIpc) is 3.21. The van der Waals surface area contributed by atoms with Crippen molar-refractivity contribution in [1.29, 1.82) is 0 Å². The van der Waals surface area contributed by atoms with Gasteiger partial charge in [-0.15, -0.1) is 0 Å². The molecule has 4 rings (SSSR count). The zero-order valence-corrected chi connectivity index (χ0v) is 13.9. The first-order valence-corrected chi connectivity index (χ1v) is 8.42. The fourth-order valence-corrected chi connectivity index (χ4v) is 4.36. The van der Waals surface area contributed by atoms with Crippen molar-refractivity contribution in [1.82, 2.24) is 9.55 Å². The van der Waals surface area contributed by atoms with Crippen LogP contribution in [0.1, 0.15) is 38.8 Å². The molecule has 2 N–H and O–H groups in total. The molecule has 8 nitrogen and oxygen atoms in total. The summed E-state index contributed by atoms with van der Waals surface area (Å²) in [7, 11) is 0. The molecule has 3 aliphatic rings. The van der Waals surface area contributed by atoms with Crippen molar-refractivity contribution >= 4 is 0 Å². The van der Waals surface area contributed by atoms with E-state index in [-0.39, 0.29) is 0 Å². The Labute approximate surface area is 142 Å². The third-order valence-electron chi connectivity index (χ3n) is 5.54. The Kier molecular flexibility index (Phi) is 3.70. The normalized spacial score (nSPS) is 39.2. The van der Waals surface area contributed by atoms with E-state index in [1.807, 2.05) is 0 Å². The van der Waals surface area contributed by atoms with E-state index in [4.69, 9.17) is 14.2 Å². The fourth-order valence-electron chi connectivity index (χ4n) is 4.36. The molecule has 3 fully saturated rings. The molecular formula is C16H21FN2O6. The second kappa shape index (κ2) is 5.47. The molecule has 0 amide bonds. The molecule has 2 saturated heterocycles. The van der Waals surface area contributed by atoms with Crippen LogP contribution >= 0.6 is 0 Å². The summed E-state index contributed by atoms with van der Waals surface area (Å²) < 4.78 is 33.2. The number of H-pyrrole nitrogens is 1.